The number of halogens is 2. The maximum absolute atomic E-state index is 13.3. The van der Waals surface area contributed by atoms with Crippen LogP contribution in [0.2, 0.25) is 10.0 Å². The molecule has 1 aliphatic carbocycles. The Morgan fingerprint density at radius 1 is 0.958 bits per heavy atom. The summed E-state index contributed by atoms with van der Waals surface area (Å²) in [4.78, 5) is 30.2. The third-order valence-corrected chi connectivity index (χ3v) is 11.2. The number of nitrogens with zero attached hydrogens (tertiary/aromatic N) is 3. The largest absolute Gasteiger partial charge is 0.368 e. The molecule has 246 valence electrons. The highest BCUT2D eigenvalue weighted by Crippen LogP contribution is 2.58. The molecule has 5 aromatic rings. The first-order valence-corrected chi connectivity index (χ1v) is 17.6. The van der Waals surface area contributed by atoms with Crippen LogP contribution in [-0.2, 0) is 21.8 Å². The molecule has 6 rings (SSSR count). The average Bonchev–Trinajstić information content (AvgIpc) is 3.51. The van der Waals surface area contributed by atoms with Gasteiger partial charge in [-0.3, -0.25) is 9.59 Å². The van der Waals surface area contributed by atoms with Crippen molar-refractivity contribution in [3.05, 3.63) is 130 Å². The number of carbonyl (C=O) groups excluding carboxylic acids is 2. The van der Waals surface area contributed by atoms with E-state index in [1.807, 2.05) is 71.4 Å². The Bertz CT molecular complexity index is 1920. The maximum Gasteiger partial charge on any atom is 0.240 e. The fourth-order valence-corrected chi connectivity index (χ4v) is 7.69. The van der Waals surface area contributed by atoms with Crippen LogP contribution in [-0.4, -0.2) is 32.6 Å². The summed E-state index contributed by atoms with van der Waals surface area (Å²) in [6.07, 6.45) is 3.22. The number of thioether (sulfide) groups is 1. The van der Waals surface area contributed by atoms with Gasteiger partial charge in [0, 0.05) is 42.0 Å². The summed E-state index contributed by atoms with van der Waals surface area (Å²) in [7, 11) is 0. The van der Waals surface area contributed by atoms with Crippen molar-refractivity contribution >= 4 is 46.8 Å². The number of hydrogen-bond acceptors (Lipinski definition) is 5. The minimum absolute atomic E-state index is 0.0868. The maximum atomic E-state index is 13.3. The van der Waals surface area contributed by atoms with E-state index in [4.69, 9.17) is 39.0 Å². The first kappa shape index (κ1) is 33.8. The van der Waals surface area contributed by atoms with Crippen molar-refractivity contribution in [2.45, 2.75) is 55.8 Å². The number of hydrogen-bond donors (Lipinski definition) is 2. The van der Waals surface area contributed by atoms with E-state index < -0.39 is 11.9 Å². The molecule has 0 spiro atoms. The molecule has 1 fully saturated rings. The van der Waals surface area contributed by atoms with Crippen molar-refractivity contribution in [1.82, 2.24) is 20.1 Å². The molecule has 7 nitrogen and oxygen atoms in total. The van der Waals surface area contributed by atoms with E-state index in [1.54, 1.807) is 24.0 Å². The number of nitrogens with two attached hydrogens (primary N) is 1. The molecule has 0 saturated heterocycles. The summed E-state index contributed by atoms with van der Waals surface area (Å²) in [6.45, 7) is 4.37. The van der Waals surface area contributed by atoms with Crippen molar-refractivity contribution in [1.29, 1.82) is 0 Å². The lowest BCUT2D eigenvalue weighted by molar-refractivity contribution is -0.130. The summed E-state index contributed by atoms with van der Waals surface area (Å²) in [5.41, 5.74) is 11.2. The van der Waals surface area contributed by atoms with E-state index in [-0.39, 0.29) is 23.2 Å². The Balaban J connectivity index is 1.25. The fourth-order valence-electron chi connectivity index (χ4n) is 6.44. The molecule has 0 bridgehead atoms. The summed E-state index contributed by atoms with van der Waals surface area (Å²) < 4.78 is 1.95. The summed E-state index contributed by atoms with van der Waals surface area (Å²) in [5.74, 6) is 0.239. The Kier molecular flexibility index (Phi) is 10.2. The fraction of sp³-hybridized carbons (Fsp3) is 0.263. The normalized spacial score (nSPS) is 17.3. The van der Waals surface area contributed by atoms with Crippen molar-refractivity contribution < 1.29 is 9.59 Å². The van der Waals surface area contributed by atoms with Crippen LogP contribution in [0.5, 0.6) is 0 Å². The molecule has 2 aromatic heterocycles. The highest BCUT2D eigenvalue weighted by molar-refractivity contribution is 7.98. The summed E-state index contributed by atoms with van der Waals surface area (Å²) >= 11 is 14.4. The molecule has 3 aromatic carbocycles. The van der Waals surface area contributed by atoms with E-state index >= 15 is 0 Å². The summed E-state index contributed by atoms with van der Waals surface area (Å²) in [6, 6.07) is 30.7. The van der Waals surface area contributed by atoms with Gasteiger partial charge in [0.15, 0.2) is 0 Å². The standard InChI is InChI=1S/C38H37Cl2N5O2S/c1-38(2)26(20-35(46)43-33(36(41)47)18-24-10-5-3-6-11-24)19-29(38)34-22-32(44-45(34)27-15-16-30(39)31(40)21-27)28-14-9-17-42-37(28)48-23-25-12-7-4-8-13-25/h3-17,21-22,26,29,33H,18-20,23H2,1-2H3,(H2,41,47)(H,43,46)/t26-,29-,33+/m1/s1. The lowest BCUT2D eigenvalue weighted by Gasteiger charge is -2.52. The smallest absolute Gasteiger partial charge is 0.240 e. The van der Waals surface area contributed by atoms with Crippen molar-refractivity contribution in [3.63, 3.8) is 0 Å². The Hall–Kier alpha value is -4.11. The number of rotatable bonds is 12. The van der Waals surface area contributed by atoms with E-state index in [2.05, 4.69) is 43.4 Å². The van der Waals surface area contributed by atoms with Gasteiger partial charge in [-0.1, -0.05) is 97.7 Å². The van der Waals surface area contributed by atoms with Gasteiger partial charge in [0.05, 0.1) is 21.4 Å². The predicted molar refractivity (Wildman–Crippen MR) is 193 cm³/mol. The minimum atomic E-state index is -0.772. The number of carbonyl (C=O) groups is 2. The van der Waals surface area contributed by atoms with Gasteiger partial charge < -0.3 is 11.1 Å². The van der Waals surface area contributed by atoms with Gasteiger partial charge in [-0.2, -0.15) is 5.10 Å². The average molecular weight is 699 g/mol. The van der Waals surface area contributed by atoms with Gasteiger partial charge in [0.1, 0.15) is 11.1 Å². The molecule has 0 aliphatic heterocycles. The van der Waals surface area contributed by atoms with Crippen molar-refractivity contribution in [3.8, 4) is 16.9 Å². The molecular formula is C38H37Cl2N5O2S. The van der Waals surface area contributed by atoms with Gasteiger partial charge in [0.2, 0.25) is 11.8 Å². The Labute approximate surface area is 295 Å². The highest BCUT2D eigenvalue weighted by atomic mass is 35.5. The van der Waals surface area contributed by atoms with Crippen molar-refractivity contribution in [2.75, 3.05) is 0 Å². The van der Waals surface area contributed by atoms with Crippen molar-refractivity contribution in [2.24, 2.45) is 17.1 Å². The molecule has 0 radical (unpaired) electrons. The van der Waals surface area contributed by atoms with Gasteiger partial charge in [-0.25, -0.2) is 9.67 Å². The van der Waals surface area contributed by atoms with Crippen LogP contribution in [0.25, 0.3) is 16.9 Å². The van der Waals surface area contributed by atoms with Crippen LogP contribution >= 0.6 is 35.0 Å². The number of pyridine rings is 1. The molecule has 2 amide bonds. The minimum Gasteiger partial charge on any atom is -0.368 e. The second kappa shape index (κ2) is 14.6. The topological polar surface area (TPSA) is 103 Å². The number of benzene rings is 3. The Morgan fingerprint density at radius 3 is 2.33 bits per heavy atom. The number of amides is 2. The highest BCUT2D eigenvalue weighted by Gasteiger charge is 2.50. The Morgan fingerprint density at radius 2 is 1.67 bits per heavy atom. The molecule has 10 heteroatoms. The monoisotopic (exact) mass is 697 g/mol. The third-order valence-electron chi connectivity index (χ3n) is 9.37. The zero-order valence-electron chi connectivity index (χ0n) is 26.8. The SMILES string of the molecule is CC1(C)[C@@H](CC(=O)N[C@@H](Cc2ccccc2)C(N)=O)C[C@@H]1c1cc(-c2cccnc2SCc2ccccc2)nn1-c1ccc(Cl)c(Cl)c1. The quantitative estimate of drug-likeness (QED) is 0.128. The third kappa shape index (κ3) is 7.46. The van der Waals surface area contributed by atoms with Crippen LogP contribution in [0, 0.1) is 11.3 Å². The predicted octanol–water partition coefficient (Wildman–Crippen LogP) is 8.27. The molecule has 1 saturated carbocycles. The van der Waals surface area contributed by atoms with E-state index in [9.17, 15) is 9.59 Å². The molecular weight excluding hydrogens is 661 g/mol. The molecule has 1 aliphatic rings. The number of nitrogens with one attached hydrogen (secondary N) is 1. The zero-order valence-corrected chi connectivity index (χ0v) is 29.1. The molecule has 48 heavy (non-hydrogen) atoms. The van der Waals surface area contributed by atoms with Gasteiger partial charge in [-0.05, 0) is 65.3 Å². The lowest BCUT2D eigenvalue weighted by atomic mass is 9.52. The van der Waals surface area contributed by atoms with Crippen LogP contribution in [0.3, 0.4) is 0 Å². The summed E-state index contributed by atoms with van der Waals surface area (Å²) in [5, 5.41) is 9.83. The second-order valence-corrected chi connectivity index (χ2v) is 14.6. The zero-order chi connectivity index (χ0) is 33.8. The van der Waals surface area contributed by atoms with E-state index in [1.165, 1.54) is 5.56 Å². The van der Waals surface area contributed by atoms with Crippen LogP contribution < -0.4 is 11.1 Å². The number of primary amides is 1. The molecule has 2 heterocycles. The molecule has 3 N–H and O–H groups in total. The number of aromatic nitrogens is 3. The van der Waals surface area contributed by atoms with Gasteiger partial charge in [0.25, 0.3) is 0 Å². The van der Waals surface area contributed by atoms with Crippen LogP contribution in [0.4, 0.5) is 0 Å². The van der Waals surface area contributed by atoms with Gasteiger partial charge in [-0.15, -0.1) is 11.8 Å². The van der Waals surface area contributed by atoms with E-state index in [0.29, 0.717) is 22.9 Å². The van der Waals surface area contributed by atoms with Crippen LogP contribution in [0.1, 0.15) is 49.4 Å². The molecule has 3 atom stereocenters. The van der Waals surface area contributed by atoms with E-state index in [0.717, 1.165) is 45.4 Å². The second-order valence-electron chi connectivity index (χ2n) is 12.8. The van der Waals surface area contributed by atoms with Crippen LogP contribution in [0.15, 0.2) is 108 Å². The van der Waals surface area contributed by atoms with Gasteiger partial charge >= 0.3 is 0 Å². The first-order chi connectivity index (χ1) is 23.1. The molecule has 0 unspecified atom stereocenters. The lowest BCUT2D eigenvalue weighted by Crippen LogP contribution is -2.49. The first-order valence-electron chi connectivity index (χ1n) is 15.9.